The molecule has 1 aliphatic heterocycles. The molecule has 0 aliphatic carbocycles. The molecule has 4 nitrogen and oxygen atoms in total. The van der Waals surface area contributed by atoms with E-state index in [0.717, 1.165) is 17.7 Å². The number of hydrogen-bond acceptors (Lipinski definition) is 3. The standard InChI is InChI=1S/C13H18N2O2/c1-9(13(14)16)8-15-11-6-7-17-12-5-3-2-4-10(11)12/h2-5,9,11,15H,6-8H2,1H3,(H2,14,16). The highest BCUT2D eigenvalue weighted by Gasteiger charge is 2.21. The van der Waals surface area contributed by atoms with Gasteiger partial charge in [0.1, 0.15) is 5.75 Å². The number of rotatable bonds is 4. The van der Waals surface area contributed by atoms with Crippen LogP contribution in [0.4, 0.5) is 0 Å². The molecule has 2 rings (SSSR count). The molecule has 0 fully saturated rings. The average Bonchev–Trinajstić information content (AvgIpc) is 2.35. The van der Waals surface area contributed by atoms with Crippen molar-refractivity contribution in [3.8, 4) is 5.75 Å². The van der Waals surface area contributed by atoms with Crippen LogP contribution in [0.3, 0.4) is 0 Å². The van der Waals surface area contributed by atoms with Gasteiger partial charge < -0.3 is 15.8 Å². The van der Waals surface area contributed by atoms with Crippen molar-refractivity contribution >= 4 is 5.91 Å². The summed E-state index contributed by atoms with van der Waals surface area (Å²) < 4.78 is 5.58. The van der Waals surface area contributed by atoms with E-state index in [9.17, 15) is 4.79 Å². The van der Waals surface area contributed by atoms with Crippen molar-refractivity contribution in [2.24, 2.45) is 11.7 Å². The zero-order chi connectivity index (χ0) is 12.3. The number of primary amides is 1. The van der Waals surface area contributed by atoms with Crippen LogP contribution in [0.15, 0.2) is 24.3 Å². The highest BCUT2D eigenvalue weighted by atomic mass is 16.5. The molecule has 1 amide bonds. The minimum Gasteiger partial charge on any atom is -0.493 e. The monoisotopic (exact) mass is 234 g/mol. The summed E-state index contributed by atoms with van der Waals surface area (Å²) >= 11 is 0. The maximum atomic E-state index is 11.0. The lowest BCUT2D eigenvalue weighted by molar-refractivity contribution is -0.121. The van der Waals surface area contributed by atoms with E-state index in [0.29, 0.717) is 13.2 Å². The third-order valence-corrected chi connectivity index (χ3v) is 3.11. The Morgan fingerprint density at radius 3 is 3.12 bits per heavy atom. The Balaban J connectivity index is 2.01. The molecule has 0 saturated carbocycles. The third-order valence-electron chi connectivity index (χ3n) is 3.11. The molecule has 0 bridgehead atoms. The van der Waals surface area contributed by atoms with Crippen molar-refractivity contribution in [2.75, 3.05) is 13.2 Å². The largest absolute Gasteiger partial charge is 0.493 e. The number of benzene rings is 1. The van der Waals surface area contributed by atoms with Gasteiger partial charge in [-0.3, -0.25) is 4.79 Å². The fraction of sp³-hybridized carbons (Fsp3) is 0.462. The number of amides is 1. The molecular weight excluding hydrogens is 216 g/mol. The van der Waals surface area contributed by atoms with Gasteiger partial charge in [0.05, 0.1) is 6.61 Å². The topological polar surface area (TPSA) is 64.3 Å². The average molecular weight is 234 g/mol. The number of nitrogens with two attached hydrogens (primary N) is 1. The molecular formula is C13H18N2O2. The predicted octanol–water partition coefficient (Wildman–Crippen LogP) is 1.22. The van der Waals surface area contributed by atoms with E-state index in [4.69, 9.17) is 10.5 Å². The SMILES string of the molecule is CC(CNC1CCOc2ccccc21)C(N)=O. The molecule has 17 heavy (non-hydrogen) atoms. The Morgan fingerprint density at radius 2 is 2.35 bits per heavy atom. The fourth-order valence-electron chi connectivity index (χ4n) is 1.97. The first-order valence-corrected chi connectivity index (χ1v) is 5.93. The number of para-hydroxylation sites is 1. The van der Waals surface area contributed by atoms with Crippen LogP contribution in [-0.2, 0) is 4.79 Å². The minimum absolute atomic E-state index is 0.148. The molecule has 3 N–H and O–H groups in total. The molecule has 1 aliphatic rings. The molecule has 0 radical (unpaired) electrons. The van der Waals surface area contributed by atoms with Crippen LogP contribution in [-0.4, -0.2) is 19.1 Å². The molecule has 0 saturated heterocycles. The Labute approximate surface area is 101 Å². The van der Waals surface area contributed by atoms with Gasteiger partial charge in [-0.05, 0) is 6.07 Å². The van der Waals surface area contributed by atoms with Gasteiger partial charge in [-0.2, -0.15) is 0 Å². The summed E-state index contributed by atoms with van der Waals surface area (Å²) in [6.07, 6.45) is 0.919. The van der Waals surface area contributed by atoms with E-state index < -0.39 is 0 Å². The van der Waals surface area contributed by atoms with Gasteiger partial charge in [-0.25, -0.2) is 0 Å². The Bertz CT molecular complexity index is 406. The van der Waals surface area contributed by atoms with Crippen LogP contribution < -0.4 is 15.8 Å². The number of nitrogens with one attached hydrogen (secondary N) is 1. The van der Waals surface area contributed by atoms with E-state index in [-0.39, 0.29) is 17.9 Å². The van der Waals surface area contributed by atoms with Gasteiger partial charge in [-0.1, -0.05) is 25.1 Å². The summed E-state index contributed by atoms with van der Waals surface area (Å²) in [5.41, 5.74) is 6.41. The summed E-state index contributed by atoms with van der Waals surface area (Å²) in [6.45, 7) is 3.15. The van der Waals surface area contributed by atoms with Gasteiger partial charge in [0.2, 0.25) is 5.91 Å². The number of ether oxygens (including phenoxy) is 1. The van der Waals surface area contributed by atoms with E-state index >= 15 is 0 Å². The first kappa shape index (κ1) is 11.9. The van der Waals surface area contributed by atoms with Gasteiger partial charge in [-0.15, -0.1) is 0 Å². The highest BCUT2D eigenvalue weighted by Crippen LogP contribution is 2.31. The van der Waals surface area contributed by atoms with Crippen LogP contribution in [0.1, 0.15) is 24.9 Å². The summed E-state index contributed by atoms with van der Waals surface area (Å²) in [6, 6.07) is 8.25. The second-order valence-corrected chi connectivity index (χ2v) is 4.44. The summed E-state index contributed by atoms with van der Waals surface area (Å²) in [7, 11) is 0. The van der Waals surface area contributed by atoms with Gasteiger partial charge in [0.25, 0.3) is 0 Å². The van der Waals surface area contributed by atoms with Crippen molar-refractivity contribution in [3.63, 3.8) is 0 Å². The Hall–Kier alpha value is -1.55. The van der Waals surface area contributed by atoms with E-state index in [1.54, 1.807) is 0 Å². The normalized spacial score (nSPS) is 20.2. The smallest absolute Gasteiger partial charge is 0.221 e. The zero-order valence-corrected chi connectivity index (χ0v) is 9.98. The molecule has 92 valence electrons. The third kappa shape index (κ3) is 2.77. The van der Waals surface area contributed by atoms with Crippen LogP contribution in [0.2, 0.25) is 0 Å². The molecule has 4 heteroatoms. The van der Waals surface area contributed by atoms with Crippen molar-refractivity contribution in [3.05, 3.63) is 29.8 Å². The number of carbonyl (C=O) groups excluding carboxylic acids is 1. The maximum absolute atomic E-state index is 11.0. The molecule has 1 aromatic rings. The molecule has 1 heterocycles. The van der Waals surface area contributed by atoms with Gasteiger partial charge in [0.15, 0.2) is 0 Å². The lowest BCUT2D eigenvalue weighted by Crippen LogP contribution is -2.35. The second kappa shape index (κ2) is 5.19. The molecule has 1 aromatic carbocycles. The summed E-state index contributed by atoms with van der Waals surface area (Å²) in [5.74, 6) is 0.519. The van der Waals surface area contributed by atoms with Crippen molar-refractivity contribution in [1.29, 1.82) is 0 Å². The van der Waals surface area contributed by atoms with Crippen LogP contribution in [0.5, 0.6) is 5.75 Å². The van der Waals surface area contributed by atoms with Crippen molar-refractivity contribution in [2.45, 2.75) is 19.4 Å². The van der Waals surface area contributed by atoms with E-state index in [2.05, 4.69) is 11.4 Å². The van der Waals surface area contributed by atoms with Crippen molar-refractivity contribution < 1.29 is 9.53 Å². The van der Waals surface area contributed by atoms with Gasteiger partial charge >= 0.3 is 0 Å². The molecule has 0 aromatic heterocycles. The number of hydrogen-bond donors (Lipinski definition) is 2. The number of carbonyl (C=O) groups is 1. The number of fused-ring (bicyclic) bond motifs is 1. The van der Waals surface area contributed by atoms with Crippen LogP contribution in [0, 0.1) is 5.92 Å². The molecule has 2 unspecified atom stereocenters. The zero-order valence-electron chi connectivity index (χ0n) is 9.98. The minimum atomic E-state index is -0.266. The first-order valence-electron chi connectivity index (χ1n) is 5.93. The van der Waals surface area contributed by atoms with E-state index in [1.165, 1.54) is 0 Å². The Morgan fingerprint density at radius 1 is 1.59 bits per heavy atom. The highest BCUT2D eigenvalue weighted by molar-refractivity contribution is 5.76. The summed E-state index contributed by atoms with van der Waals surface area (Å²) in [5, 5.41) is 3.38. The van der Waals surface area contributed by atoms with Crippen LogP contribution >= 0.6 is 0 Å². The Kier molecular flexibility index (Phi) is 3.64. The maximum Gasteiger partial charge on any atom is 0.221 e. The first-order chi connectivity index (χ1) is 8.18. The van der Waals surface area contributed by atoms with E-state index in [1.807, 2.05) is 25.1 Å². The van der Waals surface area contributed by atoms with Crippen LogP contribution in [0.25, 0.3) is 0 Å². The molecule has 2 atom stereocenters. The molecule has 0 spiro atoms. The second-order valence-electron chi connectivity index (χ2n) is 4.44. The fourth-order valence-corrected chi connectivity index (χ4v) is 1.97. The predicted molar refractivity (Wildman–Crippen MR) is 65.7 cm³/mol. The summed E-state index contributed by atoms with van der Waals surface area (Å²) in [4.78, 5) is 11.0. The lowest BCUT2D eigenvalue weighted by Gasteiger charge is -2.27. The lowest BCUT2D eigenvalue weighted by atomic mass is 10.00. The van der Waals surface area contributed by atoms with Crippen molar-refractivity contribution in [1.82, 2.24) is 5.32 Å². The quantitative estimate of drug-likeness (QED) is 0.823. The van der Waals surface area contributed by atoms with Gasteiger partial charge in [0, 0.05) is 30.5 Å².